The van der Waals surface area contributed by atoms with Crippen molar-refractivity contribution in [2.45, 2.75) is 0 Å². The number of hydrogen-bond acceptors (Lipinski definition) is 8. The summed E-state index contributed by atoms with van der Waals surface area (Å²) >= 11 is 1.63. The summed E-state index contributed by atoms with van der Waals surface area (Å²) in [5.74, 6) is 0.628. The van der Waals surface area contributed by atoms with E-state index in [2.05, 4.69) is 37.8 Å². The van der Waals surface area contributed by atoms with Crippen molar-refractivity contribution in [1.29, 1.82) is 0 Å². The molecule has 0 bridgehead atoms. The fourth-order valence-electron chi connectivity index (χ4n) is 3.36. The number of nitrogens with one attached hydrogen (secondary N) is 1. The Hall–Kier alpha value is -3.36. The third-order valence-electron chi connectivity index (χ3n) is 4.89. The molecule has 1 saturated heterocycles. The lowest BCUT2D eigenvalue weighted by Crippen LogP contribution is -2.36. The second kappa shape index (κ2) is 8.56. The Balaban J connectivity index is 1.45. The number of thiazole rings is 1. The summed E-state index contributed by atoms with van der Waals surface area (Å²) in [7, 11) is 0. The van der Waals surface area contributed by atoms with E-state index < -0.39 is 0 Å². The maximum Gasteiger partial charge on any atom is 0.186 e. The van der Waals surface area contributed by atoms with Gasteiger partial charge in [0.2, 0.25) is 0 Å². The molecule has 4 aromatic rings. The van der Waals surface area contributed by atoms with Crippen LogP contribution in [-0.4, -0.2) is 47.7 Å². The fraction of sp³-hybridized carbons (Fsp3) is 0.182. The van der Waals surface area contributed by atoms with Gasteiger partial charge >= 0.3 is 0 Å². The Morgan fingerprint density at radius 2 is 1.83 bits per heavy atom. The molecule has 3 heterocycles. The van der Waals surface area contributed by atoms with Crippen LogP contribution in [0.4, 0.5) is 10.9 Å². The van der Waals surface area contributed by atoms with Gasteiger partial charge in [-0.25, -0.2) is 4.98 Å². The van der Waals surface area contributed by atoms with E-state index >= 15 is 0 Å². The monoisotopic (exact) mass is 416 g/mol. The normalized spacial score (nSPS) is 14.5. The summed E-state index contributed by atoms with van der Waals surface area (Å²) in [4.78, 5) is 8.18. The van der Waals surface area contributed by atoms with Crippen LogP contribution in [0.2, 0.25) is 0 Å². The van der Waals surface area contributed by atoms with E-state index in [9.17, 15) is 0 Å². The van der Waals surface area contributed by atoms with Gasteiger partial charge in [-0.1, -0.05) is 65.9 Å². The molecule has 0 radical (unpaired) electrons. The predicted octanol–water partition coefficient (Wildman–Crippen LogP) is 4.04. The van der Waals surface area contributed by atoms with Gasteiger partial charge < -0.3 is 9.64 Å². The van der Waals surface area contributed by atoms with Crippen molar-refractivity contribution in [2.24, 2.45) is 5.10 Å². The Morgan fingerprint density at radius 1 is 1.03 bits per heavy atom. The smallest absolute Gasteiger partial charge is 0.186 e. The minimum atomic E-state index is 0.628. The lowest BCUT2D eigenvalue weighted by molar-refractivity contribution is 0.122. The summed E-state index contributed by atoms with van der Waals surface area (Å²) in [5.41, 5.74) is 5.04. The maximum absolute atomic E-state index is 5.48. The van der Waals surface area contributed by atoms with Crippen LogP contribution in [-0.2, 0) is 4.74 Å². The first-order valence-corrected chi connectivity index (χ1v) is 10.6. The first-order valence-electron chi connectivity index (χ1n) is 9.77. The summed E-state index contributed by atoms with van der Waals surface area (Å²) in [6, 6.07) is 18.1. The quantitative estimate of drug-likeness (QED) is 0.391. The van der Waals surface area contributed by atoms with Gasteiger partial charge in [0, 0.05) is 29.4 Å². The average molecular weight is 417 g/mol. The number of hydrazone groups is 1. The number of fused-ring (bicyclic) bond motifs is 1. The van der Waals surface area contributed by atoms with E-state index in [1.54, 1.807) is 17.5 Å². The van der Waals surface area contributed by atoms with E-state index in [1.807, 2.05) is 48.7 Å². The highest BCUT2D eigenvalue weighted by Gasteiger charge is 2.18. The lowest BCUT2D eigenvalue weighted by Gasteiger charge is -2.26. The van der Waals surface area contributed by atoms with Crippen LogP contribution in [0, 0.1) is 0 Å². The molecule has 1 aliphatic rings. The molecule has 0 unspecified atom stereocenters. The number of rotatable bonds is 5. The third kappa shape index (κ3) is 3.87. The second-order valence-corrected chi connectivity index (χ2v) is 7.83. The minimum absolute atomic E-state index is 0.628. The second-order valence-electron chi connectivity index (χ2n) is 6.83. The first kappa shape index (κ1) is 18.7. The van der Waals surface area contributed by atoms with Gasteiger partial charge in [-0.3, -0.25) is 5.43 Å². The average Bonchev–Trinajstić information content (AvgIpc) is 3.25. The SMILES string of the molecule is C(=N\Nc1nncc2ccccc12)/c1sc(N2CCOCC2)nc1-c1ccccc1. The van der Waals surface area contributed by atoms with Crippen LogP contribution < -0.4 is 10.3 Å². The Kier molecular flexibility index (Phi) is 5.32. The van der Waals surface area contributed by atoms with Crippen LogP contribution in [0.15, 0.2) is 65.9 Å². The zero-order valence-electron chi connectivity index (χ0n) is 16.2. The molecule has 0 spiro atoms. The molecule has 8 heteroatoms. The number of ether oxygens (including phenoxy) is 1. The Morgan fingerprint density at radius 3 is 2.70 bits per heavy atom. The number of benzene rings is 2. The van der Waals surface area contributed by atoms with Gasteiger partial charge in [0.25, 0.3) is 0 Å². The van der Waals surface area contributed by atoms with E-state index in [1.165, 1.54) is 0 Å². The molecular weight excluding hydrogens is 396 g/mol. The molecular formula is C22H20N6OS. The molecule has 0 saturated carbocycles. The van der Waals surface area contributed by atoms with Crippen LogP contribution in [0.3, 0.4) is 0 Å². The highest BCUT2D eigenvalue weighted by molar-refractivity contribution is 7.17. The number of nitrogens with zero attached hydrogens (tertiary/aromatic N) is 5. The Labute approximate surface area is 178 Å². The van der Waals surface area contributed by atoms with Gasteiger partial charge in [-0.15, -0.1) is 5.10 Å². The molecule has 1 aliphatic heterocycles. The summed E-state index contributed by atoms with van der Waals surface area (Å²) < 4.78 is 5.48. The van der Waals surface area contributed by atoms with Crippen molar-refractivity contribution in [3.8, 4) is 11.3 Å². The molecule has 0 aliphatic carbocycles. The van der Waals surface area contributed by atoms with E-state index in [-0.39, 0.29) is 0 Å². The summed E-state index contributed by atoms with van der Waals surface area (Å²) in [6.45, 7) is 3.15. The van der Waals surface area contributed by atoms with Crippen LogP contribution in [0.5, 0.6) is 0 Å². The molecule has 1 N–H and O–H groups in total. The van der Waals surface area contributed by atoms with E-state index in [0.717, 1.165) is 58.3 Å². The molecule has 7 nitrogen and oxygen atoms in total. The van der Waals surface area contributed by atoms with Crippen molar-refractivity contribution in [3.63, 3.8) is 0 Å². The number of morpholine rings is 1. The zero-order chi connectivity index (χ0) is 20.2. The highest BCUT2D eigenvalue weighted by atomic mass is 32.1. The van der Waals surface area contributed by atoms with Crippen LogP contribution in [0.1, 0.15) is 4.88 Å². The third-order valence-corrected chi connectivity index (χ3v) is 5.94. The summed E-state index contributed by atoms with van der Waals surface area (Å²) in [6.07, 6.45) is 3.56. The van der Waals surface area contributed by atoms with E-state index in [4.69, 9.17) is 9.72 Å². The van der Waals surface area contributed by atoms with Gasteiger partial charge in [0.15, 0.2) is 10.9 Å². The molecule has 150 valence electrons. The van der Waals surface area contributed by atoms with Crippen molar-refractivity contribution in [3.05, 3.63) is 65.7 Å². The molecule has 1 fully saturated rings. The minimum Gasteiger partial charge on any atom is -0.378 e. The van der Waals surface area contributed by atoms with Crippen molar-refractivity contribution in [1.82, 2.24) is 15.2 Å². The van der Waals surface area contributed by atoms with Gasteiger partial charge in [0.1, 0.15) is 0 Å². The van der Waals surface area contributed by atoms with E-state index in [0.29, 0.717) is 5.82 Å². The molecule has 30 heavy (non-hydrogen) atoms. The number of anilines is 2. The fourth-order valence-corrected chi connectivity index (χ4v) is 4.37. The van der Waals surface area contributed by atoms with Gasteiger partial charge in [-0.05, 0) is 0 Å². The predicted molar refractivity (Wildman–Crippen MR) is 121 cm³/mol. The first-order chi connectivity index (χ1) is 14.9. The Bertz CT molecular complexity index is 1170. The van der Waals surface area contributed by atoms with Gasteiger partial charge in [-0.2, -0.15) is 10.2 Å². The topological polar surface area (TPSA) is 75.5 Å². The number of hydrogen-bond donors (Lipinski definition) is 1. The van der Waals surface area contributed by atoms with Gasteiger partial charge in [0.05, 0.1) is 36.2 Å². The molecule has 2 aromatic heterocycles. The van der Waals surface area contributed by atoms with Crippen molar-refractivity contribution < 1.29 is 4.74 Å². The summed E-state index contributed by atoms with van der Waals surface area (Å²) in [5, 5.41) is 15.7. The highest BCUT2D eigenvalue weighted by Crippen LogP contribution is 2.32. The standard InChI is InChI=1S/C22H20N6OS/c1-2-6-16(7-3-1)20-19(30-22(25-20)28-10-12-29-13-11-28)15-24-27-21-18-9-5-4-8-17(18)14-23-26-21/h1-9,14-15H,10-13H2,(H,26,27)/b24-15+. The van der Waals surface area contributed by atoms with Crippen molar-refractivity contribution >= 4 is 39.3 Å². The maximum atomic E-state index is 5.48. The van der Waals surface area contributed by atoms with Crippen LogP contribution in [0.25, 0.3) is 22.0 Å². The molecule has 0 amide bonds. The number of aromatic nitrogens is 3. The molecule has 5 rings (SSSR count). The molecule has 2 aromatic carbocycles. The molecule has 0 atom stereocenters. The largest absolute Gasteiger partial charge is 0.378 e. The lowest BCUT2D eigenvalue weighted by atomic mass is 10.1. The van der Waals surface area contributed by atoms with Crippen LogP contribution >= 0.6 is 11.3 Å². The van der Waals surface area contributed by atoms with Crippen molar-refractivity contribution in [2.75, 3.05) is 36.6 Å². The zero-order valence-corrected chi connectivity index (χ0v) is 17.0.